The van der Waals surface area contributed by atoms with Crippen molar-refractivity contribution in [3.05, 3.63) is 35.9 Å². The molecule has 1 saturated heterocycles. The summed E-state index contributed by atoms with van der Waals surface area (Å²) in [5.74, 6) is 0.800. The monoisotopic (exact) mass is 292 g/mol. The van der Waals surface area contributed by atoms with Crippen LogP contribution in [-0.4, -0.2) is 41.1 Å². The van der Waals surface area contributed by atoms with Gasteiger partial charge in [-0.1, -0.05) is 12.1 Å². The van der Waals surface area contributed by atoms with E-state index in [0.29, 0.717) is 5.69 Å². The molecule has 20 heavy (non-hydrogen) atoms. The maximum atomic E-state index is 12.0. The van der Waals surface area contributed by atoms with Gasteiger partial charge < -0.3 is 15.7 Å². The third kappa shape index (κ3) is 4.40. The summed E-state index contributed by atoms with van der Waals surface area (Å²) in [7, 11) is 0. The lowest BCUT2D eigenvalue weighted by Gasteiger charge is -2.22. The van der Waals surface area contributed by atoms with Crippen LogP contribution in [0.3, 0.4) is 0 Å². The summed E-state index contributed by atoms with van der Waals surface area (Å²) >= 11 is 1.77. The molecule has 0 saturated carbocycles. The smallest absolute Gasteiger partial charge is 0.328 e. The first-order valence-corrected chi connectivity index (χ1v) is 7.44. The van der Waals surface area contributed by atoms with Crippen molar-refractivity contribution in [3.63, 3.8) is 0 Å². The first-order valence-electron chi connectivity index (χ1n) is 6.28. The second-order valence-electron chi connectivity index (χ2n) is 4.36. The number of benzene rings is 1. The number of thioether (sulfide) groups is 1. The van der Waals surface area contributed by atoms with Crippen molar-refractivity contribution < 1.29 is 14.7 Å². The number of amides is 1. The minimum absolute atomic E-state index is 0.0361. The van der Waals surface area contributed by atoms with E-state index in [1.54, 1.807) is 36.0 Å². The largest absolute Gasteiger partial charge is 0.478 e. The van der Waals surface area contributed by atoms with Gasteiger partial charge in [0.25, 0.3) is 0 Å². The summed E-state index contributed by atoms with van der Waals surface area (Å²) < 4.78 is 0. The van der Waals surface area contributed by atoms with Gasteiger partial charge in [-0.15, -0.1) is 0 Å². The van der Waals surface area contributed by atoms with E-state index in [1.807, 2.05) is 0 Å². The van der Waals surface area contributed by atoms with E-state index >= 15 is 0 Å². The summed E-state index contributed by atoms with van der Waals surface area (Å²) in [4.78, 5) is 22.4. The van der Waals surface area contributed by atoms with Gasteiger partial charge in [0.15, 0.2) is 0 Å². The van der Waals surface area contributed by atoms with E-state index in [2.05, 4.69) is 10.6 Å². The van der Waals surface area contributed by atoms with Gasteiger partial charge in [-0.2, -0.15) is 11.8 Å². The van der Waals surface area contributed by atoms with Crippen molar-refractivity contribution in [2.24, 2.45) is 0 Å². The molecule has 0 aliphatic carbocycles. The molecule has 1 unspecified atom stereocenters. The predicted molar refractivity (Wildman–Crippen MR) is 80.9 cm³/mol. The molecule has 1 fully saturated rings. The number of hydrogen-bond acceptors (Lipinski definition) is 4. The Morgan fingerprint density at radius 3 is 2.70 bits per heavy atom. The molecule has 1 aliphatic rings. The number of carboxylic acids is 1. The Bertz CT molecular complexity index is 508. The summed E-state index contributed by atoms with van der Waals surface area (Å²) in [5.41, 5.74) is 1.48. The Kier molecular flexibility index (Phi) is 5.20. The quantitative estimate of drug-likeness (QED) is 0.732. The van der Waals surface area contributed by atoms with Crippen molar-refractivity contribution in [3.8, 4) is 0 Å². The highest BCUT2D eigenvalue weighted by atomic mass is 32.2. The molecule has 0 spiro atoms. The van der Waals surface area contributed by atoms with Gasteiger partial charge in [-0.25, -0.2) is 4.79 Å². The van der Waals surface area contributed by atoms with E-state index in [-0.39, 0.29) is 11.9 Å². The van der Waals surface area contributed by atoms with E-state index in [1.165, 1.54) is 6.08 Å². The average Bonchev–Trinajstić information content (AvgIpc) is 2.47. The Labute approximate surface area is 121 Å². The molecular formula is C14H16N2O3S. The average molecular weight is 292 g/mol. The molecule has 106 valence electrons. The zero-order chi connectivity index (χ0) is 14.4. The molecule has 2 rings (SSSR count). The maximum Gasteiger partial charge on any atom is 0.328 e. The number of aliphatic carboxylic acids is 1. The number of anilines is 1. The van der Waals surface area contributed by atoms with Crippen LogP contribution in [0.4, 0.5) is 5.69 Å². The number of carbonyl (C=O) groups is 2. The van der Waals surface area contributed by atoms with Crippen LogP contribution in [0.25, 0.3) is 6.08 Å². The first kappa shape index (κ1) is 14.6. The Balaban J connectivity index is 1.92. The minimum atomic E-state index is -0.983. The van der Waals surface area contributed by atoms with Gasteiger partial charge in [0.2, 0.25) is 5.91 Å². The molecule has 1 heterocycles. The second kappa shape index (κ2) is 7.12. The summed E-state index contributed by atoms with van der Waals surface area (Å²) in [6.45, 7) is 0.849. The lowest BCUT2D eigenvalue weighted by atomic mass is 10.2. The van der Waals surface area contributed by atoms with Crippen molar-refractivity contribution in [1.29, 1.82) is 0 Å². The fraction of sp³-hybridized carbons (Fsp3) is 0.286. The summed E-state index contributed by atoms with van der Waals surface area (Å²) in [6, 6.07) is 6.89. The topological polar surface area (TPSA) is 78.4 Å². The molecule has 0 aromatic heterocycles. The molecule has 1 amide bonds. The van der Waals surface area contributed by atoms with E-state index in [4.69, 9.17) is 5.11 Å². The van der Waals surface area contributed by atoms with Crippen LogP contribution < -0.4 is 10.6 Å². The van der Waals surface area contributed by atoms with Crippen molar-refractivity contribution in [2.75, 3.05) is 23.4 Å². The third-order valence-corrected chi connectivity index (χ3v) is 3.90. The zero-order valence-electron chi connectivity index (χ0n) is 10.8. The van der Waals surface area contributed by atoms with Gasteiger partial charge in [-0.3, -0.25) is 4.79 Å². The molecule has 1 aromatic rings. The number of rotatable bonds is 4. The Morgan fingerprint density at radius 1 is 1.35 bits per heavy atom. The molecule has 0 bridgehead atoms. The van der Waals surface area contributed by atoms with Gasteiger partial charge in [0.05, 0.1) is 6.04 Å². The minimum Gasteiger partial charge on any atom is -0.478 e. The standard InChI is InChI=1S/C14H16N2O3S/c17-13(18)6-3-10-1-4-11(5-2-10)16-14(19)12-9-20-8-7-15-12/h1-6,12,15H,7-9H2,(H,16,19)(H,17,18)/b6-3+. The van der Waals surface area contributed by atoms with Crippen molar-refractivity contribution >= 4 is 35.4 Å². The van der Waals surface area contributed by atoms with Crippen LogP contribution in [0.15, 0.2) is 30.3 Å². The summed E-state index contributed by atoms with van der Waals surface area (Å²) in [5, 5.41) is 14.6. The fourth-order valence-electron chi connectivity index (χ4n) is 1.81. The fourth-order valence-corrected chi connectivity index (χ4v) is 2.74. The molecule has 1 atom stereocenters. The first-order chi connectivity index (χ1) is 9.65. The normalized spacial score (nSPS) is 18.9. The van der Waals surface area contributed by atoms with E-state index in [0.717, 1.165) is 29.7 Å². The highest BCUT2D eigenvalue weighted by Gasteiger charge is 2.20. The SMILES string of the molecule is O=C(O)/C=C/c1ccc(NC(=O)C2CSCCN2)cc1. The zero-order valence-corrected chi connectivity index (χ0v) is 11.7. The molecular weight excluding hydrogens is 276 g/mol. The molecule has 3 N–H and O–H groups in total. The van der Waals surface area contributed by atoms with Gasteiger partial charge in [-0.05, 0) is 23.8 Å². The molecule has 1 aromatic carbocycles. The number of carbonyl (C=O) groups excluding carboxylic acids is 1. The second-order valence-corrected chi connectivity index (χ2v) is 5.51. The van der Waals surface area contributed by atoms with Crippen LogP contribution in [0.1, 0.15) is 5.56 Å². The lowest BCUT2D eigenvalue weighted by molar-refractivity contribution is -0.131. The third-order valence-electron chi connectivity index (χ3n) is 2.83. The van der Waals surface area contributed by atoms with Gasteiger partial charge >= 0.3 is 5.97 Å². The molecule has 0 radical (unpaired) electrons. The molecule has 5 nitrogen and oxygen atoms in total. The predicted octanol–water partition coefficient (Wildman–Crippen LogP) is 1.43. The summed E-state index contributed by atoms with van der Waals surface area (Å²) in [6.07, 6.45) is 2.59. The van der Waals surface area contributed by atoms with Gasteiger partial charge in [0.1, 0.15) is 0 Å². The maximum absolute atomic E-state index is 12.0. The lowest BCUT2D eigenvalue weighted by Crippen LogP contribution is -2.46. The van der Waals surface area contributed by atoms with Crippen LogP contribution in [-0.2, 0) is 9.59 Å². The van der Waals surface area contributed by atoms with E-state index in [9.17, 15) is 9.59 Å². The molecule has 1 aliphatic heterocycles. The van der Waals surface area contributed by atoms with Crippen molar-refractivity contribution in [1.82, 2.24) is 5.32 Å². The highest BCUT2D eigenvalue weighted by Crippen LogP contribution is 2.13. The van der Waals surface area contributed by atoms with E-state index < -0.39 is 5.97 Å². The number of carboxylic acid groups (broad SMARTS) is 1. The van der Waals surface area contributed by atoms with Crippen LogP contribution >= 0.6 is 11.8 Å². The number of nitrogens with one attached hydrogen (secondary N) is 2. The van der Waals surface area contributed by atoms with Crippen molar-refractivity contribution in [2.45, 2.75) is 6.04 Å². The van der Waals surface area contributed by atoms with Crippen LogP contribution in [0.2, 0.25) is 0 Å². The number of hydrogen-bond donors (Lipinski definition) is 3. The van der Waals surface area contributed by atoms with Crippen LogP contribution in [0.5, 0.6) is 0 Å². The highest BCUT2D eigenvalue weighted by molar-refractivity contribution is 7.99. The van der Waals surface area contributed by atoms with Crippen LogP contribution in [0, 0.1) is 0 Å². The Morgan fingerprint density at radius 2 is 2.10 bits per heavy atom. The Hall–Kier alpha value is -1.79. The molecule has 6 heteroatoms. The van der Waals surface area contributed by atoms with Gasteiger partial charge in [0, 0.05) is 29.8 Å².